The van der Waals surface area contributed by atoms with Crippen LogP contribution in [0.2, 0.25) is 0 Å². The summed E-state index contributed by atoms with van der Waals surface area (Å²) >= 11 is 0. The van der Waals surface area contributed by atoms with Crippen LogP contribution in [0.1, 0.15) is 17.2 Å². The van der Waals surface area contributed by atoms with Crippen molar-refractivity contribution in [1.82, 2.24) is 0 Å². The van der Waals surface area contributed by atoms with Crippen LogP contribution in [-0.2, 0) is 0 Å². The van der Waals surface area contributed by atoms with Gasteiger partial charge in [-0.25, -0.2) is 4.39 Å². The Bertz CT molecular complexity index is 346. The van der Waals surface area contributed by atoms with Crippen LogP contribution in [0.5, 0.6) is 0 Å². The lowest BCUT2D eigenvalue weighted by molar-refractivity contribution is 0.268. The predicted molar refractivity (Wildman–Crippen MR) is 45.1 cm³/mol. The minimum atomic E-state index is -0.573. The highest BCUT2D eigenvalue weighted by molar-refractivity contribution is 5.35. The number of rotatable bonds is 2. The van der Waals surface area contributed by atoms with Gasteiger partial charge >= 0.3 is 0 Å². The van der Waals surface area contributed by atoms with Gasteiger partial charge in [-0.1, -0.05) is 6.07 Å². The molecule has 4 heteroatoms. The van der Waals surface area contributed by atoms with Crippen LogP contribution in [0.3, 0.4) is 0 Å². The SMILES string of the molecule is N#Cc1cc([C@@H](N)CO)ccc1F. The molecule has 3 N–H and O–H groups in total. The number of nitrogens with two attached hydrogens (primary N) is 1. The van der Waals surface area contributed by atoms with Gasteiger partial charge in [0.25, 0.3) is 0 Å². The Morgan fingerprint density at radius 3 is 2.85 bits per heavy atom. The van der Waals surface area contributed by atoms with Gasteiger partial charge in [-0.3, -0.25) is 0 Å². The minimum Gasteiger partial charge on any atom is -0.394 e. The second-order valence-electron chi connectivity index (χ2n) is 2.64. The number of nitriles is 1. The van der Waals surface area contributed by atoms with E-state index in [2.05, 4.69) is 0 Å². The second kappa shape index (κ2) is 3.99. The van der Waals surface area contributed by atoms with Gasteiger partial charge in [-0.2, -0.15) is 5.26 Å². The zero-order chi connectivity index (χ0) is 9.84. The topological polar surface area (TPSA) is 70.0 Å². The summed E-state index contributed by atoms with van der Waals surface area (Å²) < 4.78 is 12.8. The van der Waals surface area contributed by atoms with E-state index in [1.165, 1.54) is 18.2 Å². The summed E-state index contributed by atoms with van der Waals surface area (Å²) in [6.07, 6.45) is 0. The maximum Gasteiger partial charge on any atom is 0.140 e. The molecule has 13 heavy (non-hydrogen) atoms. The number of benzene rings is 1. The highest BCUT2D eigenvalue weighted by Crippen LogP contribution is 2.14. The molecule has 0 spiro atoms. The van der Waals surface area contributed by atoms with Gasteiger partial charge in [0.1, 0.15) is 11.9 Å². The smallest absolute Gasteiger partial charge is 0.140 e. The monoisotopic (exact) mass is 180 g/mol. The summed E-state index contributed by atoms with van der Waals surface area (Å²) in [5.41, 5.74) is 5.99. The summed E-state index contributed by atoms with van der Waals surface area (Å²) in [5, 5.41) is 17.2. The molecule has 0 aromatic heterocycles. The summed E-state index contributed by atoms with van der Waals surface area (Å²) in [4.78, 5) is 0. The van der Waals surface area contributed by atoms with E-state index in [0.29, 0.717) is 5.56 Å². The molecule has 0 saturated carbocycles. The molecular formula is C9H9FN2O. The molecule has 0 aliphatic carbocycles. The molecule has 68 valence electrons. The van der Waals surface area contributed by atoms with Crippen molar-refractivity contribution in [3.05, 3.63) is 35.1 Å². The minimum absolute atomic E-state index is 0.0543. The Morgan fingerprint density at radius 2 is 2.31 bits per heavy atom. The lowest BCUT2D eigenvalue weighted by Crippen LogP contribution is -2.14. The Morgan fingerprint density at radius 1 is 1.62 bits per heavy atom. The molecule has 0 aliphatic heterocycles. The predicted octanol–water partition coefficient (Wildman–Crippen LogP) is 0.689. The van der Waals surface area contributed by atoms with E-state index in [0.717, 1.165) is 0 Å². The van der Waals surface area contributed by atoms with Crippen LogP contribution in [0, 0.1) is 17.1 Å². The van der Waals surface area contributed by atoms with E-state index in [4.69, 9.17) is 16.1 Å². The van der Waals surface area contributed by atoms with E-state index in [-0.39, 0.29) is 12.2 Å². The molecule has 0 bridgehead atoms. The highest BCUT2D eigenvalue weighted by Gasteiger charge is 2.07. The number of nitrogens with zero attached hydrogens (tertiary/aromatic N) is 1. The number of aliphatic hydroxyl groups is 1. The van der Waals surface area contributed by atoms with Crippen molar-refractivity contribution in [2.75, 3.05) is 6.61 Å². The van der Waals surface area contributed by atoms with Gasteiger partial charge in [0, 0.05) is 0 Å². The van der Waals surface area contributed by atoms with Gasteiger partial charge in [-0.05, 0) is 17.7 Å². The first kappa shape index (κ1) is 9.65. The summed E-state index contributed by atoms with van der Waals surface area (Å²) in [6.45, 7) is -0.226. The van der Waals surface area contributed by atoms with Crippen LogP contribution < -0.4 is 5.73 Å². The fourth-order valence-electron chi connectivity index (χ4n) is 0.965. The summed E-state index contributed by atoms with van der Waals surface area (Å²) in [5.74, 6) is -0.573. The fraction of sp³-hybridized carbons (Fsp3) is 0.222. The second-order valence-corrected chi connectivity index (χ2v) is 2.64. The first-order chi connectivity index (χ1) is 6.19. The number of hydrogen-bond acceptors (Lipinski definition) is 3. The fourth-order valence-corrected chi connectivity index (χ4v) is 0.965. The van der Waals surface area contributed by atoms with Crippen LogP contribution in [0.4, 0.5) is 4.39 Å². The Kier molecular flexibility index (Phi) is 2.96. The average molecular weight is 180 g/mol. The maximum atomic E-state index is 12.8. The molecule has 0 unspecified atom stereocenters. The third-order valence-corrected chi connectivity index (χ3v) is 1.74. The quantitative estimate of drug-likeness (QED) is 0.703. The summed E-state index contributed by atoms with van der Waals surface area (Å²) in [7, 11) is 0. The first-order valence-electron chi connectivity index (χ1n) is 3.75. The van der Waals surface area contributed by atoms with Crippen LogP contribution >= 0.6 is 0 Å². The zero-order valence-electron chi connectivity index (χ0n) is 6.87. The molecule has 0 amide bonds. The average Bonchev–Trinajstić information content (AvgIpc) is 2.17. The van der Waals surface area contributed by atoms with Crippen molar-refractivity contribution < 1.29 is 9.50 Å². The molecule has 0 heterocycles. The van der Waals surface area contributed by atoms with Gasteiger partial charge in [0.05, 0.1) is 18.2 Å². The third-order valence-electron chi connectivity index (χ3n) is 1.74. The van der Waals surface area contributed by atoms with E-state index in [1.807, 2.05) is 0 Å². The molecule has 1 aromatic rings. The van der Waals surface area contributed by atoms with E-state index in [1.54, 1.807) is 6.07 Å². The van der Waals surface area contributed by atoms with Crippen molar-refractivity contribution in [3.63, 3.8) is 0 Å². The van der Waals surface area contributed by atoms with Crippen molar-refractivity contribution in [2.45, 2.75) is 6.04 Å². The van der Waals surface area contributed by atoms with Crippen LogP contribution in [0.25, 0.3) is 0 Å². The molecule has 3 nitrogen and oxygen atoms in total. The standard InChI is InChI=1S/C9H9FN2O/c10-8-2-1-6(9(12)5-13)3-7(8)4-11/h1-3,9,13H,5,12H2/t9-/m0/s1. The van der Waals surface area contributed by atoms with Crippen LogP contribution in [-0.4, -0.2) is 11.7 Å². The number of hydrogen-bond donors (Lipinski definition) is 2. The molecule has 0 fully saturated rings. The largest absolute Gasteiger partial charge is 0.394 e. The number of halogens is 1. The third kappa shape index (κ3) is 2.02. The van der Waals surface area contributed by atoms with Gasteiger partial charge in [0.15, 0.2) is 0 Å². The van der Waals surface area contributed by atoms with Gasteiger partial charge in [0.2, 0.25) is 0 Å². The zero-order valence-corrected chi connectivity index (χ0v) is 6.87. The maximum absolute atomic E-state index is 12.8. The Balaban J connectivity index is 3.08. The Labute approximate surface area is 75.2 Å². The van der Waals surface area contributed by atoms with Crippen LogP contribution in [0.15, 0.2) is 18.2 Å². The van der Waals surface area contributed by atoms with Crippen molar-refractivity contribution in [2.24, 2.45) is 5.73 Å². The summed E-state index contributed by atoms with van der Waals surface area (Å²) in [6, 6.07) is 5.11. The van der Waals surface area contributed by atoms with Gasteiger partial charge in [-0.15, -0.1) is 0 Å². The molecule has 0 aliphatic rings. The van der Waals surface area contributed by atoms with E-state index < -0.39 is 11.9 Å². The highest BCUT2D eigenvalue weighted by atomic mass is 19.1. The molecule has 1 atom stereocenters. The van der Waals surface area contributed by atoms with Crippen molar-refractivity contribution in [3.8, 4) is 6.07 Å². The van der Waals surface area contributed by atoms with Crippen molar-refractivity contribution >= 4 is 0 Å². The molecule has 0 saturated heterocycles. The molecule has 1 aromatic carbocycles. The first-order valence-corrected chi connectivity index (χ1v) is 3.75. The van der Waals surface area contributed by atoms with E-state index in [9.17, 15) is 4.39 Å². The molecule has 1 rings (SSSR count). The molecule has 0 radical (unpaired) electrons. The van der Waals surface area contributed by atoms with E-state index >= 15 is 0 Å². The van der Waals surface area contributed by atoms with Gasteiger partial charge < -0.3 is 10.8 Å². The lowest BCUT2D eigenvalue weighted by Gasteiger charge is -2.08. The lowest BCUT2D eigenvalue weighted by atomic mass is 10.1. The normalized spacial score (nSPS) is 12.2. The number of aliphatic hydroxyl groups excluding tert-OH is 1. The molecular weight excluding hydrogens is 171 g/mol. The Hall–Kier alpha value is -1.44. The van der Waals surface area contributed by atoms with Crippen molar-refractivity contribution in [1.29, 1.82) is 5.26 Å².